The van der Waals surface area contributed by atoms with Crippen molar-refractivity contribution in [1.82, 2.24) is 10.3 Å². The standard InChI is InChI=1S/C18H25N3O/c1-21(14-9-11-19-12-10-14)13-5-4-7-16(21)18-20-15-6-2-3-8-17(15)22-18/h2-4,6,8,14,16,19H,5,7,9-13H2,1H3/q+1. The van der Waals surface area contributed by atoms with E-state index in [0.29, 0.717) is 6.04 Å². The van der Waals surface area contributed by atoms with E-state index < -0.39 is 0 Å². The Balaban J connectivity index is 1.70. The number of fused-ring (bicyclic) bond motifs is 1. The quantitative estimate of drug-likeness (QED) is 0.866. The van der Waals surface area contributed by atoms with E-state index in [1.54, 1.807) is 0 Å². The van der Waals surface area contributed by atoms with E-state index in [4.69, 9.17) is 9.40 Å². The van der Waals surface area contributed by atoms with Gasteiger partial charge in [0.2, 0.25) is 0 Å². The molecule has 2 aromatic rings. The Morgan fingerprint density at radius 3 is 2.86 bits per heavy atom. The van der Waals surface area contributed by atoms with Crippen molar-refractivity contribution < 1.29 is 8.90 Å². The molecule has 2 aliphatic heterocycles. The van der Waals surface area contributed by atoms with E-state index >= 15 is 0 Å². The van der Waals surface area contributed by atoms with Crippen LogP contribution in [0.3, 0.4) is 0 Å². The Morgan fingerprint density at radius 1 is 1.23 bits per heavy atom. The summed E-state index contributed by atoms with van der Waals surface area (Å²) in [5, 5.41) is 3.49. The largest absolute Gasteiger partial charge is 0.435 e. The average Bonchev–Trinajstić information content (AvgIpc) is 3.00. The zero-order chi connectivity index (χ0) is 15.0. The highest BCUT2D eigenvalue weighted by atomic mass is 16.3. The summed E-state index contributed by atoms with van der Waals surface area (Å²) in [4.78, 5) is 4.81. The number of aromatic nitrogens is 1. The van der Waals surface area contributed by atoms with Gasteiger partial charge in [-0.15, -0.1) is 0 Å². The fourth-order valence-corrected chi connectivity index (χ4v) is 4.26. The molecule has 117 valence electrons. The second-order valence-electron chi connectivity index (χ2n) is 6.90. The third-order valence-electron chi connectivity index (χ3n) is 5.66. The summed E-state index contributed by atoms with van der Waals surface area (Å²) in [7, 11) is 2.42. The van der Waals surface area contributed by atoms with Gasteiger partial charge >= 0.3 is 0 Å². The summed E-state index contributed by atoms with van der Waals surface area (Å²) < 4.78 is 7.22. The van der Waals surface area contributed by atoms with Crippen molar-refractivity contribution >= 4 is 11.1 Å². The summed E-state index contributed by atoms with van der Waals surface area (Å²) >= 11 is 0. The molecule has 1 aromatic heterocycles. The number of piperidine rings is 2. The van der Waals surface area contributed by atoms with Crippen molar-refractivity contribution in [2.24, 2.45) is 0 Å². The van der Waals surface area contributed by atoms with Crippen molar-refractivity contribution in [3.05, 3.63) is 36.6 Å². The number of likely N-dealkylation sites (tertiary alicyclic amines) is 1. The normalized spacial score (nSPS) is 30.7. The lowest BCUT2D eigenvalue weighted by Gasteiger charge is -2.49. The molecule has 2 unspecified atom stereocenters. The fourth-order valence-electron chi connectivity index (χ4n) is 4.26. The summed E-state index contributed by atoms with van der Waals surface area (Å²) in [5.74, 6) is 0.929. The average molecular weight is 299 g/mol. The first-order valence-electron chi connectivity index (χ1n) is 8.50. The van der Waals surface area contributed by atoms with Crippen LogP contribution in [0.2, 0.25) is 0 Å². The van der Waals surface area contributed by atoms with Gasteiger partial charge in [-0.2, -0.15) is 0 Å². The highest BCUT2D eigenvalue weighted by Gasteiger charge is 2.45. The number of quaternary nitrogens is 1. The molecule has 0 spiro atoms. The van der Waals surface area contributed by atoms with Gasteiger partial charge in [0.1, 0.15) is 5.52 Å². The molecule has 0 aliphatic carbocycles. The van der Waals surface area contributed by atoms with Crippen LogP contribution in [-0.4, -0.2) is 42.2 Å². The lowest BCUT2D eigenvalue weighted by atomic mass is 9.92. The molecule has 3 heterocycles. The Kier molecular flexibility index (Phi) is 3.66. The first-order valence-corrected chi connectivity index (χ1v) is 8.50. The summed E-state index contributed by atoms with van der Waals surface area (Å²) in [5.41, 5.74) is 1.90. The molecule has 0 bridgehead atoms. The van der Waals surface area contributed by atoms with E-state index in [1.807, 2.05) is 24.3 Å². The monoisotopic (exact) mass is 299 g/mol. The van der Waals surface area contributed by atoms with Gasteiger partial charge in [-0.1, -0.05) is 12.1 Å². The number of hydrogen-bond acceptors (Lipinski definition) is 3. The molecule has 2 aliphatic rings. The lowest BCUT2D eigenvalue weighted by molar-refractivity contribution is -0.967. The molecule has 1 radical (unpaired) electrons. The summed E-state index contributed by atoms with van der Waals surface area (Å²) in [6.45, 7) is 3.49. The SMILES string of the molecule is C[N+]1(C2CCNCC2)CC[CH]CC1c1nc2ccccc2o1. The van der Waals surface area contributed by atoms with Gasteiger partial charge < -0.3 is 14.2 Å². The Labute approximate surface area is 132 Å². The number of oxazole rings is 1. The van der Waals surface area contributed by atoms with Crippen molar-refractivity contribution in [1.29, 1.82) is 0 Å². The molecule has 4 heteroatoms. The van der Waals surface area contributed by atoms with Gasteiger partial charge in [-0.05, 0) is 25.0 Å². The Morgan fingerprint density at radius 2 is 2.05 bits per heavy atom. The van der Waals surface area contributed by atoms with E-state index in [9.17, 15) is 0 Å². The van der Waals surface area contributed by atoms with Gasteiger partial charge in [0.05, 0.1) is 19.6 Å². The minimum atomic E-state index is 0.365. The number of para-hydroxylation sites is 2. The van der Waals surface area contributed by atoms with E-state index in [1.165, 1.54) is 25.8 Å². The second kappa shape index (κ2) is 5.67. The molecule has 2 atom stereocenters. The van der Waals surface area contributed by atoms with E-state index in [0.717, 1.165) is 47.0 Å². The maximum Gasteiger partial charge on any atom is 0.254 e. The maximum absolute atomic E-state index is 6.13. The van der Waals surface area contributed by atoms with Crippen LogP contribution in [0.1, 0.15) is 37.6 Å². The van der Waals surface area contributed by atoms with Gasteiger partial charge in [-0.25, -0.2) is 4.98 Å². The fraction of sp³-hybridized carbons (Fsp3) is 0.556. The molecule has 22 heavy (non-hydrogen) atoms. The van der Waals surface area contributed by atoms with Crippen LogP contribution >= 0.6 is 0 Å². The first kappa shape index (κ1) is 14.2. The first-order chi connectivity index (χ1) is 10.8. The lowest BCUT2D eigenvalue weighted by Crippen LogP contribution is -2.59. The van der Waals surface area contributed by atoms with Crippen LogP contribution in [-0.2, 0) is 0 Å². The van der Waals surface area contributed by atoms with Crippen molar-refractivity contribution in [2.75, 3.05) is 26.7 Å². The zero-order valence-electron chi connectivity index (χ0n) is 13.3. The number of hydrogen-bond donors (Lipinski definition) is 1. The second-order valence-corrected chi connectivity index (χ2v) is 6.90. The van der Waals surface area contributed by atoms with Crippen LogP contribution in [0, 0.1) is 6.42 Å². The van der Waals surface area contributed by atoms with E-state index in [2.05, 4.69) is 18.8 Å². The zero-order valence-corrected chi connectivity index (χ0v) is 13.3. The van der Waals surface area contributed by atoms with Crippen molar-refractivity contribution in [3.63, 3.8) is 0 Å². The molecule has 4 nitrogen and oxygen atoms in total. The molecule has 1 aromatic carbocycles. The minimum absolute atomic E-state index is 0.365. The predicted octanol–water partition coefficient (Wildman–Crippen LogP) is 3.07. The molecule has 2 fully saturated rings. The molecule has 1 N–H and O–H groups in total. The van der Waals surface area contributed by atoms with Gasteiger partial charge in [0.15, 0.2) is 11.6 Å². The molecule has 0 amide bonds. The van der Waals surface area contributed by atoms with Crippen LogP contribution in [0.25, 0.3) is 11.1 Å². The maximum atomic E-state index is 6.13. The molecular formula is C18H25N3O+. The Bertz CT molecular complexity index is 614. The third kappa shape index (κ3) is 2.34. The summed E-state index contributed by atoms with van der Waals surface area (Å²) in [6.07, 6.45) is 7.21. The highest BCUT2D eigenvalue weighted by molar-refractivity contribution is 5.72. The van der Waals surface area contributed by atoms with Crippen LogP contribution < -0.4 is 5.32 Å². The number of rotatable bonds is 2. The number of nitrogens with one attached hydrogen (secondary N) is 1. The van der Waals surface area contributed by atoms with Crippen LogP contribution in [0.4, 0.5) is 0 Å². The van der Waals surface area contributed by atoms with Crippen LogP contribution in [0.5, 0.6) is 0 Å². The number of benzene rings is 1. The smallest absolute Gasteiger partial charge is 0.254 e. The molecule has 0 saturated carbocycles. The van der Waals surface area contributed by atoms with Gasteiger partial charge in [0, 0.05) is 32.4 Å². The van der Waals surface area contributed by atoms with E-state index in [-0.39, 0.29) is 0 Å². The van der Waals surface area contributed by atoms with Crippen LogP contribution in [0.15, 0.2) is 28.7 Å². The molecular weight excluding hydrogens is 274 g/mol. The topological polar surface area (TPSA) is 38.1 Å². The van der Waals surface area contributed by atoms with Gasteiger partial charge in [0.25, 0.3) is 5.89 Å². The van der Waals surface area contributed by atoms with Crippen molar-refractivity contribution in [2.45, 2.75) is 37.8 Å². The predicted molar refractivity (Wildman–Crippen MR) is 87.2 cm³/mol. The summed E-state index contributed by atoms with van der Waals surface area (Å²) in [6, 6.07) is 9.20. The third-order valence-corrected chi connectivity index (χ3v) is 5.66. The number of nitrogens with zero attached hydrogens (tertiary/aromatic N) is 2. The van der Waals surface area contributed by atoms with Crippen molar-refractivity contribution in [3.8, 4) is 0 Å². The minimum Gasteiger partial charge on any atom is -0.435 e. The Hall–Kier alpha value is -1.39. The van der Waals surface area contributed by atoms with Gasteiger partial charge in [-0.3, -0.25) is 0 Å². The molecule has 4 rings (SSSR count). The highest BCUT2D eigenvalue weighted by Crippen LogP contribution is 2.40. The molecule has 2 saturated heterocycles.